The molecule has 0 saturated heterocycles. The van der Waals surface area contributed by atoms with E-state index in [9.17, 15) is 5.11 Å². The zero-order valence-electron chi connectivity index (χ0n) is 9.74. The predicted octanol–water partition coefficient (Wildman–Crippen LogP) is 1.12. The highest BCUT2D eigenvalue weighted by atomic mass is 16.7. The topological polar surface area (TPSA) is 80.9 Å². The first-order valence-electron chi connectivity index (χ1n) is 5.77. The molecular formula is C11H24O4. The Hall–Kier alpha value is -0.160. The van der Waals surface area contributed by atoms with Crippen molar-refractivity contribution in [3.8, 4) is 0 Å². The maximum Gasteiger partial charge on any atom is 0.305 e. The van der Waals surface area contributed by atoms with Gasteiger partial charge in [-0.2, -0.15) is 0 Å². The highest BCUT2D eigenvalue weighted by Crippen LogP contribution is 2.29. The van der Waals surface area contributed by atoms with E-state index < -0.39 is 11.6 Å². The molecule has 0 amide bonds. The molecule has 0 saturated carbocycles. The first kappa shape index (κ1) is 14.8. The fourth-order valence-electron chi connectivity index (χ4n) is 1.72. The lowest BCUT2D eigenvalue weighted by Gasteiger charge is -2.35. The standard InChI is InChI=1S/C11H24O4/c1-3-5-6-7-9-10(12,8-4-2)11(13,14)15/h12-15H,3-9H2,1-2H3. The van der Waals surface area contributed by atoms with Crippen LogP contribution in [0.2, 0.25) is 0 Å². The lowest BCUT2D eigenvalue weighted by molar-refractivity contribution is -0.393. The molecule has 0 aliphatic carbocycles. The van der Waals surface area contributed by atoms with Crippen LogP contribution in [0.5, 0.6) is 0 Å². The summed E-state index contributed by atoms with van der Waals surface area (Å²) in [5.41, 5.74) is -1.80. The maximum absolute atomic E-state index is 9.90. The van der Waals surface area contributed by atoms with Crippen LogP contribution >= 0.6 is 0 Å². The fourth-order valence-corrected chi connectivity index (χ4v) is 1.72. The Morgan fingerprint density at radius 3 is 1.73 bits per heavy atom. The SMILES string of the molecule is CCCCCCC(O)(CCC)C(O)(O)O. The lowest BCUT2D eigenvalue weighted by atomic mass is 9.89. The van der Waals surface area contributed by atoms with E-state index >= 15 is 0 Å². The Morgan fingerprint density at radius 1 is 0.733 bits per heavy atom. The number of aliphatic hydroxyl groups is 4. The van der Waals surface area contributed by atoms with Crippen LogP contribution in [-0.4, -0.2) is 32.0 Å². The molecule has 0 bridgehead atoms. The summed E-state index contributed by atoms with van der Waals surface area (Å²) in [5.74, 6) is -2.99. The van der Waals surface area contributed by atoms with E-state index in [2.05, 4.69) is 6.92 Å². The van der Waals surface area contributed by atoms with E-state index in [0.717, 1.165) is 19.3 Å². The van der Waals surface area contributed by atoms with E-state index in [1.54, 1.807) is 0 Å². The van der Waals surface area contributed by atoms with Crippen molar-refractivity contribution in [3.63, 3.8) is 0 Å². The summed E-state index contributed by atoms with van der Waals surface area (Å²) < 4.78 is 0. The van der Waals surface area contributed by atoms with Crippen LogP contribution in [0, 0.1) is 0 Å². The van der Waals surface area contributed by atoms with Gasteiger partial charge >= 0.3 is 5.97 Å². The first-order chi connectivity index (χ1) is 6.87. The quantitative estimate of drug-likeness (QED) is 0.365. The number of unbranched alkanes of at least 4 members (excludes halogenated alkanes) is 3. The first-order valence-corrected chi connectivity index (χ1v) is 5.77. The number of hydrogen-bond donors (Lipinski definition) is 4. The molecule has 15 heavy (non-hydrogen) atoms. The van der Waals surface area contributed by atoms with Crippen molar-refractivity contribution in [2.75, 3.05) is 0 Å². The van der Waals surface area contributed by atoms with Crippen LogP contribution in [0.1, 0.15) is 58.8 Å². The largest absolute Gasteiger partial charge is 0.381 e. The van der Waals surface area contributed by atoms with E-state index in [0.29, 0.717) is 12.8 Å². The molecule has 0 aliphatic heterocycles. The minimum absolute atomic E-state index is 0.183. The van der Waals surface area contributed by atoms with Crippen LogP contribution in [0.4, 0.5) is 0 Å². The van der Waals surface area contributed by atoms with Gasteiger partial charge in [-0.1, -0.05) is 46.0 Å². The molecule has 4 nitrogen and oxygen atoms in total. The summed E-state index contributed by atoms with van der Waals surface area (Å²) >= 11 is 0. The van der Waals surface area contributed by atoms with E-state index in [-0.39, 0.29) is 12.8 Å². The van der Waals surface area contributed by atoms with Gasteiger partial charge in [0.1, 0.15) is 5.60 Å². The molecule has 1 unspecified atom stereocenters. The van der Waals surface area contributed by atoms with Crippen LogP contribution < -0.4 is 0 Å². The monoisotopic (exact) mass is 220 g/mol. The molecule has 0 spiro atoms. The van der Waals surface area contributed by atoms with Gasteiger partial charge in [-0.3, -0.25) is 0 Å². The summed E-state index contributed by atoms with van der Waals surface area (Å²) in [6.45, 7) is 3.90. The number of rotatable bonds is 8. The Morgan fingerprint density at radius 2 is 1.33 bits per heavy atom. The molecule has 1 atom stereocenters. The molecule has 4 heteroatoms. The van der Waals surface area contributed by atoms with Crippen LogP contribution in [0.25, 0.3) is 0 Å². The van der Waals surface area contributed by atoms with Crippen molar-refractivity contribution in [1.82, 2.24) is 0 Å². The van der Waals surface area contributed by atoms with Gasteiger partial charge in [0.15, 0.2) is 0 Å². The van der Waals surface area contributed by atoms with E-state index in [1.807, 2.05) is 6.92 Å². The molecular weight excluding hydrogens is 196 g/mol. The van der Waals surface area contributed by atoms with Gasteiger partial charge in [0.25, 0.3) is 0 Å². The van der Waals surface area contributed by atoms with Gasteiger partial charge < -0.3 is 20.4 Å². The fraction of sp³-hybridized carbons (Fsp3) is 1.00. The van der Waals surface area contributed by atoms with Crippen molar-refractivity contribution in [2.24, 2.45) is 0 Å². The molecule has 92 valence electrons. The van der Waals surface area contributed by atoms with E-state index in [1.165, 1.54) is 0 Å². The highest BCUT2D eigenvalue weighted by Gasteiger charge is 2.45. The van der Waals surface area contributed by atoms with Crippen molar-refractivity contribution >= 4 is 0 Å². The van der Waals surface area contributed by atoms with Gasteiger partial charge in [0.05, 0.1) is 0 Å². The highest BCUT2D eigenvalue weighted by molar-refractivity contribution is 4.84. The van der Waals surface area contributed by atoms with Gasteiger partial charge in [0.2, 0.25) is 0 Å². The Balaban J connectivity index is 4.14. The van der Waals surface area contributed by atoms with Gasteiger partial charge in [-0.25, -0.2) is 0 Å². The zero-order chi connectivity index (χ0) is 11.9. The van der Waals surface area contributed by atoms with Crippen molar-refractivity contribution in [1.29, 1.82) is 0 Å². The summed E-state index contributed by atoms with van der Waals surface area (Å²) in [7, 11) is 0. The third-order valence-electron chi connectivity index (χ3n) is 2.73. The Labute approximate surface area is 91.6 Å². The predicted molar refractivity (Wildman–Crippen MR) is 58.0 cm³/mol. The van der Waals surface area contributed by atoms with Crippen LogP contribution in [-0.2, 0) is 0 Å². The summed E-state index contributed by atoms with van der Waals surface area (Å²) in [6.07, 6.45) is 4.74. The minimum Gasteiger partial charge on any atom is -0.381 e. The van der Waals surface area contributed by atoms with Crippen LogP contribution in [0.15, 0.2) is 0 Å². The molecule has 0 aromatic rings. The van der Waals surface area contributed by atoms with Crippen LogP contribution in [0.3, 0.4) is 0 Å². The average molecular weight is 220 g/mol. The molecule has 0 heterocycles. The zero-order valence-corrected chi connectivity index (χ0v) is 9.74. The second kappa shape index (κ2) is 6.43. The second-order valence-electron chi connectivity index (χ2n) is 4.23. The summed E-state index contributed by atoms with van der Waals surface area (Å²) in [6, 6.07) is 0. The van der Waals surface area contributed by atoms with Crippen molar-refractivity contribution in [2.45, 2.75) is 70.4 Å². The van der Waals surface area contributed by atoms with Gasteiger partial charge in [-0.05, 0) is 12.8 Å². The summed E-state index contributed by atoms with van der Waals surface area (Å²) in [5, 5.41) is 37.2. The van der Waals surface area contributed by atoms with Crippen molar-refractivity contribution < 1.29 is 20.4 Å². The van der Waals surface area contributed by atoms with Crippen molar-refractivity contribution in [3.05, 3.63) is 0 Å². The molecule has 0 aromatic carbocycles. The Kier molecular flexibility index (Phi) is 6.36. The number of hydrogen-bond acceptors (Lipinski definition) is 4. The second-order valence-corrected chi connectivity index (χ2v) is 4.23. The molecule has 0 rings (SSSR count). The molecule has 0 fully saturated rings. The third kappa shape index (κ3) is 4.93. The normalized spacial score (nSPS) is 16.4. The van der Waals surface area contributed by atoms with Gasteiger partial charge in [0, 0.05) is 0 Å². The third-order valence-corrected chi connectivity index (χ3v) is 2.73. The van der Waals surface area contributed by atoms with E-state index in [4.69, 9.17) is 15.3 Å². The lowest BCUT2D eigenvalue weighted by Crippen LogP contribution is -2.54. The minimum atomic E-state index is -2.99. The Bertz CT molecular complexity index is 164. The molecule has 0 aromatic heterocycles. The smallest absolute Gasteiger partial charge is 0.305 e. The summed E-state index contributed by atoms with van der Waals surface area (Å²) in [4.78, 5) is 0. The molecule has 0 aliphatic rings. The maximum atomic E-state index is 9.90. The molecule has 0 radical (unpaired) electrons. The van der Waals surface area contributed by atoms with Gasteiger partial charge in [-0.15, -0.1) is 0 Å². The molecule has 4 N–H and O–H groups in total. The average Bonchev–Trinajstić information content (AvgIpc) is 2.11.